The first-order valence-corrected chi connectivity index (χ1v) is 5.94. The van der Waals surface area contributed by atoms with Crippen molar-refractivity contribution in [3.05, 3.63) is 47.9 Å². The van der Waals surface area contributed by atoms with Gasteiger partial charge in [-0.1, -0.05) is 12.1 Å². The van der Waals surface area contributed by atoms with E-state index in [4.69, 9.17) is 0 Å². The maximum absolute atomic E-state index is 12.9. The molecule has 3 aromatic rings. The molecular weight excluding hydrogens is 237 g/mol. The summed E-state index contributed by atoms with van der Waals surface area (Å²) in [6.45, 7) is 0. The van der Waals surface area contributed by atoms with Gasteiger partial charge in [-0.2, -0.15) is 0 Å². The smallest absolute Gasteiger partial charge is 0.151 e. The number of rotatable bonds is 1. The quantitative estimate of drug-likeness (QED) is 0.707. The number of pyridine rings is 1. The lowest BCUT2D eigenvalue weighted by Crippen LogP contribution is -1.78. The van der Waals surface area contributed by atoms with Gasteiger partial charge in [-0.3, -0.25) is 4.98 Å². The number of thiophene rings is 1. The zero-order chi connectivity index (χ0) is 11.8. The summed E-state index contributed by atoms with van der Waals surface area (Å²) in [4.78, 5) is 3.97. The van der Waals surface area contributed by atoms with Crippen molar-refractivity contribution in [1.82, 2.24) is 4.98 Å². The van der Waals surface area contributed by atoms with Crippen molar-refractivity contribution in [2.24, 2.45) is 0 Å². The summed E-state index contributed by atoms with van der Waals surface area (Å²) < 4.78 is 13.7. The van der Waals surface area contributed by atoms with Crippen molar-refractivity contribution in [2.45, 2.75) is 0 Å². The third kappa shape index (κ3) is 1.66. The average Bonchev–Trinajstić information content (AvgIpc) is 2.75. The molecule has 1 aromatic carbocycles. The fraction of sp³-hybridized carbons (Fsp3) is 0. The van der Waals surface area contributed by atoms with Gasteiger partial charge in [0.15, 0.2) is 5.75 Å². The lowest BCUT2D eigenvalue weighted by atomic mass is 10.1. The van der Waals surface area contributed by atoms with Crippen LogP contribution >= 0.6 is 11.3 Å². The van der Waals surface area contributed by atoms with Crippen LogP contribution in [0, 0.1) is 5.82 Å². The van der Waals surface area contributed by atoms with Crippen molar-refractivity contribution >= 4 is 21.4 Å². The first kappa shape index (κ1) is 10.2. The molecule has 0 amide bonds. The molecule has 0 fully saturated rings. The first-order chi connectivity index (χ1) is 8.25. The van der Waals surface area contributed by atoms with E-state index in [2.05, 4.69) is 4.98 Å². The molecule has 0 aliphatic heterocycles. The van der Waals surface area contributed by atoms with Crippen LogP contribution in [0.5, 0.6) is 5.75 Å². The fourth-order valence-electron chi connectivity index (χ4n) is 1.79. The van der Waals surface area contributed by atoms with E-state index in [-0.39, 0.29) is 11.6 Å². The number of nitrogens with zero attached hydrogens (tertiary/aromatic N) is 1. The van der Waals surface area contributed by atoms with Gasteiger partial charge in [0, 0.05) is 17.1 Å². The molecule has 0 saturated heterocycles. The van der Waals surface area contributed by atoms with Gasteiger partial charge in [0.05, 0.1) is 10.9 Å². The van der Waals surface area contributed by atoms with Crippen LogP contribution in [-0.4, -0.2) is 10.1 Å². The minimum Gasteiger partial charge on any atom is -0.505 e. The van der Waals surface area contributed by atoms with E-state index in [1.807, 2.05) is 5.38 Å². The standard InChI is InChI=1S/C13H8FNOS/c14-9-3-1-8(2-4-9)11-7-17-13-10(11)5-15-6-12(13)16/h1-7,16H. The second-order valence-corrected chi connectivity index (χ2v) is 4.57. The van der Waals surface area contributed by atoms with E-state index >= 15 is 0 Å². The van der Waals surface area contributed by atoms with Crippen molar-refractivity contribution in [2.75, 3.05) is 0 Å². The Hall–Kier alpha value is -1.94. The van der Waals surface area contributed by atoms with Crippen LogP contribution in [0.3, 0.4) is 0 Å². The van der Waals surface area contributed by atoms with E-state index in [9.17, 15) is 9.50 Å². The van der Waals surface area contributed by atoms with E-state index in [0.717, 1.165) is 21.2 Å². The van der Waals surface area contributed by atoms with Gasteiger partial charge in [0.1, 0.15) is 5.82 Å². The number of benzene rings is 1. The van der Waals surface area contributed by atoms with Crippen molar-refractivity contribution < 1.29 is 9.50 Å². The van der Waals surface area contributed by atoms with Gasteiger partial charge in [-0.15, -0.1) is 11.3 Å². The Morgan fingerprint density at radius 2 is 1.88 bits per heavy atom. The number of aromatic hydroxyl groups is 1. The zero-order valence-electron chi connectivity index (χ0n) is 8.72. The van der Waals surface area contributed by atoms with Crippen LogP contribution in [0.4, 0.5) is 4.39 Å². The van der Waals surface area contributed by atoms with Crippen LogP contribution in [0.15, 0.2) is 42.0 Å². The highest BCUT2D eigenvalue weighted by atomic mass is 32.1. The van der Waals surface area contributed by atoms with Gasteiger partial charge in [0.2, 0.25) is 0 Å². The normalized spacial score (nSPS) is 10.9. The van der Waals surface area contributed by atoms with Crippen molar-refractivity contribution in [1.29, 1.82) is 0 Å². The Morgan fingerprint density at radius 3 is 2.65 bits per heavy atom. The van der Waals surface area contributed by atoms with Gasteiger partial charge in [-0.05, 0) is 23.1 Å². The summed E-state index contributed by atoms with van der Waals surface area (Å²) in [5.41, 5.74) is 1.89. The summed E-state index contributed by atoms with van der Waals surface area (Å²) in [7, 11) is 0. The molecule has 0 spiro atoms. The Balaban J connectivity index is 2.24. The second-order valence-electron chi connectivity index (χ2n) is 3.69. The molecule has 3 rings (SSSR count). The average molecular weight is 245 g/mol. The molecule has 0 radical (unpaired) electrons. The molecule has 0 saturated carbocycles. The zero-order valence-corrected chi connectivity index (χ0v) is 9.54. The second kappa shape index (κ2) is 3.82. The van der Waals surface area contributed by atoms with Gasteiger partial charge in [0.25, 0.3) is 0 Å². The summed E-state index contributed by atoms with van der Waals surface area (Å²) in [5, 5.41) is 12.5. The molecule has 0 bridgehead atoms. The Kier molecular flexibility index (Phi) is 2.30. The summed E-state index contributed by atoms with van der Waals surface area (Å²) in [5.74, 6) is -0.0740. The predicted molar refractivity (Wildman–Crippen MR) is 66.7 cm³/mol. The SMILES string of the molecule is Oc1cncc2c(-c3ccc(F)cc3)csc12. The molecule has 17 heavy (non-hydrogen) atoms. The highest BCUT2D eigenvalue weighted by molar-refractivity contribution is 7.18. The highest BCUT2D eigenvalue weighted by Crippen LogP contribution is 2.37. The maximum atomic E-state index is 12.9. The molecular formula is C13H8FNOS. The molecule has 0 aliphatic carbocycles. The van der Waals surface area contributed by atoms with Crippen LogP contribution in [-0.2, 0) is 0 Å². The number of hydrogen-bond acceptors (Lipinski definition) is 3. The largest absolute Gasteiger partial charge is 0.505 e. The Morgan fingerprint density at radius 1 is 1.12 bits per heavy atom. The molecule has 0 atom stereocenters. The fourth-order valence-corrected chi connectivity index (χ4v) is 2.75. The third-order valence-electron chi connectivity index (χ3n) is 2.62. The lowest BCUT2D eigenvalue weighted by Gasteiger charge is -1.99. The van der Waals surface area contributed by atoms with Gasteiger partial charge in [-0.25, -0.2) is 4.39 Å². The molecule has 0 aliphatic rings. The van der Waals surface area contributed by atoms with E-state index in [0.29, 0.717) is 0 Å². The number of hydrogen-bond donors (Lipinski definition) is 1. The third-order valence-corrected chi connectivity index (χ3v) is 3.64. The van der Waals surface area contributed by atoms with Crippen LogP contribution < -0.4 is 0 Å². The van der Waals surface area contributed by atoms with E-state index in [1.54, 1.807) is 18.3 Å². The van der Waals surface area contributed by atoms with E-state index in [1.165, 1.54) is 29.7 Å². The molecule has 2 aromatic heterocycles. The molecule has 1 N–H and O–H groups in total. The Labute approximate surface area is 101 Å². The monoisotopic (exact) mass is 245 g/mol. The van der Waals surface area contributed by atoms with Gasteiger partial charge >= 0.3 is 0 Å². The van der Waals surface area contributed by atoms with Crippen molar-refractivity contribution in [3.8, 4) is 16.9 Å². The van der Waals surface area contributed by atoms with Gasteiger partial charge < -0.3 is 5.11 Å². The minimum absolute atomic E-state index is 0.181. The summed E-state index contributed by atoms with van der Waals surface area (Å²) in [6.07, 6.45) is 3.14. The number of aromatic nitrogens is 1. The van der Waals surface area contributed by atoms with E-state index < -0.39 is 0 Å². The first-order valence-electron chi connectivity index (χ1n) is 5.06. The maximum Gasteiger partial charge on any atom is 0.151 e. The number of fused-ring (bicyclic) bond motifs is 1. The molecule has 4 heteroatoms. The van der Waals surface area contributed by atoms with Crippen molar-refractivity contribution in [3.63, 3.8) is 0 Å². The number of halogens is 1. The lowest BCUT2D eigenvalue weighted by molar-refractivity contribution is 0.480. The molecule has 2 heterocycles. The van der Waals surface area contributed by atoms with Crippen LogP contribution in [0.1, 0.15) is 0 Å². The summed E-state index contributed by atoms with van der Waals surface area (Å²) >= 11 is 1.46. The van der Waals surface area contributed by atoms with Crippen LogP contribution in [0.25, 0.3) is 21.2 Å². The summed E-state index contributed by atoms with van der Waals surface area (Å²) in [6, 6.07) is 6.30. The Bertz CT molecular complexity index is 675. The topological polar surface area (TPSA) is 33.1 Å². The molecule has 84 valence electrons. The van der Waals surface area contributed by atoms with Crippen LogP contribution in [0.2, 0.25) is 0 Å². The molecule has 0 unspecified atom stereocenters. The predicted octanol–water partition coefficient (Wildman–Crippen LogP) is 3.81. The highest BCUT2D eigenvalue weighted by Gasteiger charge is 2.09. The minimum atomic E-state index is -0.255. The molecule has 2 nitrogen and oxygen atoms in total.